The quantitative estimate of drug-likeness (QED) is 0.0676. The van der Waals surface area contributed by atoms with E-state index in [1.54, 1.807) is 0 Å². The monoisotopic (exact) mass is 500 g/mol. The molecule has 0 rings (SSSR count). The number of hydrogen-bond donors (Lipinski definition) is 0. The Hall–Kier alpha value is -0.310. The van der Waals surface area contributed by atoms with Crippen LogP contribution in [-0.2, 0) is 14.1 Å². The minimum atomic E-state index is -1.59. The Morgan fingerprint density at radius 2 is 0.882 bits per heavy atom. The normalized spacial score (nSPS) is 11.9. The van der Waals surface area contributed by atoms with Gasteiger partial charge in [-0.2, -0.15) is 0 Å². The molecule has 0 unspecified atom stereocenters. The molecule has 202 valence electrons. The summed E-state index contributed by atoms with van der Waals surface area (Å²) < 4.78 is 6.74. The van der Waals surface area contributed by atoms with E-state index in [1.165, 1.54) is 89.9 Å². The fraction of sp³-hybridized carbons (Fsp3) is 0.931. The SMILES string of the molecule is CCCCCCCCCCCC(=O)P(OCC[N+](C)(C)C)C(=O)CCCCCCCCCCC. The maximum absolute atomic E-state index is 12.9. The predicted molar refractivity (Wildman–Crippen MR) is 149 cm³/mol. The van der Waals surface area contributed by atoms with E-state index in [9.17, 15) is 9.59 Å². The zero-order chi connectivity index (χ0) is 25.5. The summed E-state index contributed by atoms with van der Waals surface area (Å²) in [7, 11) is 4.74. The summed E-state index contributed by atoms with van der Waals surface area (Å²) in [6.45, 7) is 5.80. The van der Waals surface area contributed by atoms with Crippen molar-refractivity contribution in [2.24, 2.45) is 0 Å². The smallest absolute Gasteiger partial charge is 0.189 e. The van der Waals surface area contributed by atoms with E-state index in [2.05, 4.69) is 35.0 Å². The van der Waals surface area contributed by atoms with Crippen LogP contribution in [0.5, 0.6) is 0 Å². The zero-order valence-electron chi connectivity index (χ0n) is 23.7. The van der Waals surface area contributed by atoms with Crippen LogP contribution in [0, 0.1) is 0 Å². The van der Waals surface area contributed by atoms with Crippen LogP contribution in [0.15, 0.2) is 0 Å². The first-order chi connectivity index (χ1) is 16.3. The van der Waals surface area contributed by atoms with Crippen molar-refractivity contribution in [3.63, 3.8) is 0 Å². The molecule has 0 aliphatic rings. The molecule has 0 bridgehead atoms. The number of quaternary nitrogens is 1. The summed E-state index contributed by atoms with van der Waals surface area (Å²) in [5.41, 5.74) is 0.139. The number of likely N-dealkylation sites (N-methyl/N-ethyl adjacent to an activating group) is 1. The molecular weight excluding hydrogens is 441 g/mol. The fourth-order valence-electron chi connectivity index (χ4n) is 4.07. The number of nitrogens with zero attached hydrogens (tertiary/aromatic N) is 1. The molecule has 0 heterocycles. The van der Waals surface area contributed by atoms with Crippen LogP contribution in [0.1, 0.15) is 142 Å². The number of carbonyl (C=O) groups excluding carboxylic acids is 2. The third kappa shape index (κ3) is 22.2. The molecule has 5 heteroatoms. The second-order valence-electron chi connectivity index (χ2n) is 11.1. The number of rotatable bonds is 26. The molecule has 0 saturated heterocycles. The molecule has 0 fully saturated rings. The van der Waals surface area contributed by atoms with Crippen molar-refractivity contribution in [1.82, 2.24) is 0 Å². The van der Waals surface area contributed by atoms with Gasteiger partial charge in [-0.3, -0.25) is 9.59 Å². The van der Waals surface area contributed by atoms with Gasteiger partial charge in [0.05, 0.1) is 21.1 Å². The Morgan fingerprint density at radius 3 is 1.21 bits per heavy atom. The molecule has 0 aromatic heterocycles. The average Bonchev–Trinajstić information content (AvgIpc) is 2.78. The summed E-state index contributed by atoms with van der Waals surface area (Å²) in [4.78, 5) is 25.8. The van der Waals surface area contributed by atoms with Crippen LogP contribution in [0.4, 0.5) is 0 Å². The molecule has 34 heavy (non-hydrogen) atoms. The first-order valence-corrected chi connectivity index (χ1v) is 15.9. The van der Waals surface area contributed by atoms with Crippen LogP contribution in [-0.4, -0.2) is 49.8 Å². The van der Waals surface area contributed by atoms with Crippen molar-refractivity contribution in [3.8, 4) is 0 Å². The molecule has 0 N–H and O–H groups in total. The van der Waals surface area contributed by atoms with Gasteiger partial charge in [0.1, 0.15) is 13.2 Å². The van der Waals surface area contributed by atoms with Gasteiger partial charge < -0.3 is 9.01 Å². The first-order valence-electron chi connectivity index (χ1n) is 14.6. The summed E-state index contributed by atoms with van der Waals surface area (Å²) in [6, 6.07) is 0. The maximum atomic E-state index is 12.9. The topological polar surface area (TPSA) is 43.4 Å². The maximum Gasteiger partial charge on any atom is 0.189 e. The molecule has 0 radical (unpaired) electrons. The lowest BCUT2D eigenvalue weighted by atomic mass is 10.1. The van der Waals surface area contributed by atoms with Crippen LogP contribution < -0.4 is 0 Å². The molecule has 0 aliphatic carbocycles. The fourth-order valence-corrected chi connectivity index (χ4v) is 5.62. The van der Waals surface area contributed by atoms with Crippen LogP contribution in [0.25, 0.3) is 0 Å². The van der Waals surface area contributed by atoms with E-state index < -0.39 is 8.15 Å². The highest BCUT2D eigenvalue weighted by Crippen LogP contribution is 2.42. The van der Waals surface area contributed by atoms with Crippen molar-refractivity contribution in [1.29, 1.82) is 0 Å². The van der Waals surface area contributed by atoms with Gasteiger partial charge in [0.25, 0.3) is 0 Å². The Bertz CT molecular complexity index is 456. The van der Waals surface area contributed by atoms with E-state index in [0.29, 0.717) is 19.4 Å². The van der Waals surface area contributed by atoms with Gasteiger partial charge in [-0.05, 0) is 12.8 Å². The van der Waals surface area contributed by atoms with E-state index in [4.69, 9.17) is 4.52 Å². The van der Waals surface area contributed by atoms with Gasteiger partial charge in [0, 0.05) is 12.8 Å². The third-order valence-electron chi connectivity index (χ3n) is 6.42. The van der Waals surface area contributed by atoms with Crippen molar-refractivity contribution in [2.45, 2.75) is 142 Å². The van der Waals surface area contributed by atoms with Gasteiger partial charge in [-0.25, -0.2) is 0 Å². The predicted octanol–water partition coefficient (Wildman–Crippen LogP) is 9.00. The average molecular weight is 501 g/mol. The molecule has 0 amide bonds. The molecule has 4 nitrogen and oxygen atoms in total. The summed E-state index contributed by atoms with van der Waals surface area (Å²) in [5, 5.41) is 0. The Labute approximate surface area is 214 Å². The van der Waals surface area contributed by atoms with Crippen LogP contribution in [0.3, 0.4) is 0 Å². The highest BCUT2D eigenvalue weighted by atomic mass is 31.1. The molecule has 0 atom stereocenters. The summed E-state index contributed by atoms with van der Waals surface area (Å²) >= 11 is 0. The van der Waals surface area contributed by atoms with Crippen molar-refractivity contribution in [2.75, 3.05) is 34.3 Å². The number of carbonyl (C=O) groups is 2. The lowest BCUT2D eigenvalue weighted by Crippen LogP contribution is -2.37. The lowest BCUT2D eigenvalue weighted by molar-refractivity contribution is -0.870. The van der Waals surface area contributed by atoms with Crippen LogP contribution >= 0.6 is 8.15 Å². The van der Waals surface area contributed by atoms with Crippen molar-refractivity contribution in [3.05, 3.63) is 0 Å². The molecular formula is C29H59NO3P+. The highest BCUT2D eigenvalue weighted by Gasteiger charge is 2.27. The molecule has 0 aromatic rings. The lowest BCUT2D eigenvalue weighted by Gasteiger charge is -2.24. The minimum Gasteiger partial charge on any atom is -0.339 e. The van der Waals surface area contributed by atoms with Crippen LogP contribution in [0.2, 0.25) is 0 Å². The van der Waals surface area contributed by atoms with Gasteiger partial charge in [-0.1, -0.05) is 117 Å². The standard InChI is InChI=1S/C29H59NO3P/c1-6-8-10-12-14-16-18-20-22-24-28(31)34(33-27-26-30(3,4)5)29(32)25-23-21-19-17-15-13-11-9-7-2/h6-27H2,1-5H3/q+1. The van der Waals surface area contributed by atoms with Gasteiger partial charge in [0.15, 0.2) is 19.2 Å². The zero-order valence-corrected chi connectivity index (χ0v) is 24.6. The highest BCUT2D eigenvalue weighted by molar-refractivity contribution is 7.85. The largest absolute Gasteiger partial charge is 0.339 e. The van der Waals surface area contributed by atoms with Gasteiger partial charge in [0.2, 0.25) is 0 Å². The van der Waals surface area contributed by atoms with Crippen molar-refractivity contribution >= 4 is 19.2 Å². The van der Waals surface area contributed by atoms with Gasteiger partial charge in [-0.15, -0.1) is 0 Å². The minimum absolute atomic E-state index is 0.0697. The third-order valence-corrected chi connectivity index (χ3v) is 8.22. The Kier molecular flexibility index (Phi) is 22.9. The van der Waals surface area contributed by atoms with Crippen molar-refractivity contribution < 1.29 is 18.6 Å². The number of unbranched alkanes of at least 4 members (excludes halogenated alkanes) is 16. The molecule has 0 saturated carbocycles. The second-order valence-corrected chi connectivity index (χ2v) is 12.9. The van der Waals surface area contributed by atoms with E-state index in [1.807, 2.05) is 0 Å². The van der Waals surface area contributed by atoms with Gasteiger partial charge >= 0.3 is 0 Å². The van der Waals surface area contributed by atoms with E-state index in [-0.39, 0.29) is 11.0 Å². The van der Waals surface area contributed by atoms with E-state index in [0.717, 1.165) is 36.7 Å². The molecule has 0 aromatic carbocycles. The first kappa shape index (κ1) is 33.7. The second kappa shape index (κ2) is 23.1. The molecule has 0 spiro atoms. The summed E-state index contributed by atoms with van der Waals surface area (Å²) in [6.07, 6.45) is 23.2. The Balaban J connectivity index is 4.23. The van der Waals surface area contributed by atoms with E-state index >= 15 is 0 Å². The summed E-state index contributed by atoms with van der Waals surface area (Å²) in [5.74, 6) is 0. The Morgan fingerprint density at radius 1 is 0.559 bits per heavy atom. The molecule has 0 aliphatic heterocycles. The number of hydrogen-bond acceptors (Lipinski definition) is 3.